The van der Waals surface area contributed by atoms with Gasteiger partial charge in [-0.25, -0.2) is 0 Å². The maximum atomic E-state index is 13.2. The summed E-state index contributed by atoms with van der Waals surface area (Å²) < 4.78 is 5.22. The van der Waals surface area contributed by atoms with Gasteiger partial charge in [0, 0.05) is 11.6 Å². The summed E-state index contributed by atoms with van der Waals surface area (Å²) in [6, 6.07) is 19.9. The van der Waals surface area contributed by atoms with Crippen molar-refractivity contribution in [3.8, 4) is 5.75 Å². The topological polar surface area (TPSA) is 66.8 Å². The first-order chi connectivity index (χ1) is 14.4. The number of methoxy groups -OCH3 is 1. The zero-order valence-corrected chi connectivity index (χ0v) is 17.1. The van der Waals surface area contributed by atoms with Gasteiger partial charge in [0.1, 0.15) is 5.75 Å². The molecule has 5 nitrogen and oxygen atoms in total. The number of nitrogens with zero attached hydrogens (tertiary/aromatic N) is 1. The predicted octanol–water partition coefficient (Wildman–Crippen LogP) is 4.97. The molecule has 0 saturated carbocycles. The first kappa shape index (κ1) is 19.7. The van der Waals surface area contributed by atoms with E-state index >= 15 is 0 Å². The van der Waals surface area contributed by atoms with Crippen molar-refractivity contribution in [3.63, 3.8) is 0 Å². The first-order valence-electron chi connectivity index (χ1n) is 9.86. The summed E-state index contributed by atoms with van der Waals surface area (Å²) in [5, 5.41) is 12.7. The second-order valence-electron chi connectivity index (χ2n) is 7.63. The summed E-state index contributed by atoms with van der Waals surface area (Å²) in [5.74, 6) is -1.01. The summed E-state index contributed by atoms with van der Waals surface area (Å²) in [6.07, 6.45) is 0. The van der Waals surface area contributed by atoms with Gasteiger partial charge in [0.25, 0.3) is 5.91 Å². The highest BCUT2D eigenvalue weighted by Crippen LogP contribution is 2.44. The van der Waals surface area contributed by atoms with Gasteiger partial charge >= 0.3 is 0 Å². The molecule has 152 valence electrons. The van der Waals surface area contributed by atoms with Gasteiger partial charge in [0.15, 0.2) is 11.5 Å². The molecule has 0 aliphatic carbocycles. The molecular formula is C25H23NO4. The van der Waals surface area contributed by atoms with Gasteiger partial charge in [-0.2, -0.15) is 0 Å². The third-order valence-corrected chi connectivity index (χ3v) is 5.47. The van der Waals surface area contributed by atoms with Crippen molar-refractivity contribution >= 4 is 28.2 Å². The zero-order chi connectivity index (χ0) is 21.4. The molecule has 1 N–H and O–H groups in total. The molecular weight excluding hydrogens is 378 g/mol. The summed E-state index contributed by atoms with van der Waals surface area (Å²) >= 11 is 0. The average Bonchev–Trinajstić information content (AvgIpc) is 3.03. The van der Waals surface area contributed by atoms with E-state index < -0.39 is 17.7 Å². The fourth-order valence-corrected chi connectivity index (χ4v) is 3.96. The Kier molecular flexibility index (Phi) is 5.04. The number of carbonyl (C=O) groups excluding carboxylic acids is 2. The summed E-state index contributed by atoms with van der Waals surface area (Å²) in [4.78, 5) is 27.7. The number of hydrogen-bond donors (Lipinski definition) is 1. The largest absolute Gasteiger partial charge is 0.503 e. The number of carbonyl (C=O) groups is 2. The lowest BCUT2D eigenvalue weighted by atomic mass is 9.88. The van der Waals surface area contributed by atoms with E-state index in [-0.39, 0.29) is 17.3 Å². The monoisotopic (exact) mass is 401 g/mol. The quantitative estimate of drug-likeness (QED) is 0.655. The maximum Gasteiger partial charge on any atom is 0.294 e. The number of ether oxygens (including phenoxy) is 1. The van der Waals surface area contributed by atoms with Crippen molar-refractivity contribution in [2.45, 2.75) is 19.9 Å². The van der Waals surface area contributed by atoms with E-state index in [1.54, 1.807) is 45.2 Å². The molecule has 0 spiro atoms. The van der Waals surface area contributed by atoms with Gasteiger partial charge in [-0.3, -0.25) is 14.5 Å². The van der Waals surface area contributed by atoms with E-state index in [0.29, 0.717) is 11.4 Å². The molecule has 1 heterocycles. The Morgan fingerprint density at radius 1 is 1.00 bits per heavy atom. The number of anilines is 1. The number of rotatable bonds is 5. The van der Waals surface area contributed by atoms with Crippen molar-refractivity contribution in [3.05, 3.63) is 83.6 Å². The molecule has 1 unspecified atom stereocenters. The van der Waals surface area contributed by atoms with E-state index in [2.05, 4.69) is 0 Å². The van der Waals surface area contributed by atoms with Gasteiger partial charge in [0.2, 0.25) is 0 Å². The molecule has 0 saturated heterocycles. The Bertz CT molecular complexity index is 1160. The molecule has 0 fully saturated rings. The predicted molar refractivity (Wildman–Crippen MR) is 117 cm³/mol. The number of aliphatic hydroxyl groups is 1. The zero-order valence-electron chi connectivity index (χ0n) is 17.1. The van der Waals surface area contributed by atoms with Crippen LogP contribution in [0, 0.1) is 5.92 Å². The van der Waals surface area contributed by atoms with E-state index in [0.717, 1.165) is 16.3 Å². The second-order valence-corrected chi connectivity index (χ2v) is 7.63. The molecule has 4 rings (SSSR count). The minimum absolute atomic E-state index is 0.141. The molecule has 3 aromatic carbocycles. The Hall–Kier alpha value is -3.60. The van der Waals surface area contributed by atoms with Crippen LogP contribution < -0.4 is 9.64 Å². The molecule has 30 heavy (non-hydrogen) atoms. The van der Waals surface area contributed by atoms with Gasteiger partial charge in [-0.1, -0.05) is 56.3 Å². The van der Waals surface area contributed by atoms with Gasteiger partial charge in [-0.05, 0) is 40.6 Å². The van der Waals surface area contributed by atoms with Crippen molar-refractivity contribution in [2.24, 2.45) is 5.92 Å². The summed E-state index contributed by atoms with van der Waals surface area (Å²) in [5.41, 5.74) is 1.52. The lowest BCUT2D eigenvalue weighted by Crippen LogP contribution is -2.31. The molecule has 5 heteroatoms. The highest BCUT2D eigenvalue weighted by Gasteiger charge is 2.45. The van der Waals surface area contributed by atoms with Crippen molar-refractivity contribution in [1.29, 1.82) is 0 Å². The first-order valence-corrected chi connectivity index (χ1v) is 9.86. The summed E-state index contributed by atoms with van der Waals surface area (Å²) in [6.45, 7) is 3.53. The highest BCUT2D eigenvalue weighted by atomic mass is 16.5. The van der Waals surface area contributed by atoms with Gasteiger partial charge in [0.05, 0.1) is 18.7 Å². The third kappa shape index (κ3) is 3.12. The minimum atomic E-state index is -0.716. The maximum absolute atomic E-state index is 13.2. The van der Waals surface area contributed by atoms with Crippen LogP contribution in [0.15, 0.2) is 78.1 Å². The van der Waals surface area contributed by atoms with Crippen LogP contribution in [0.5, 0.6) is 5.75 Å². The number of hydrogen-bond acceptors (Lipinski definition) is 4. The standard InChI is InChI=1S/C25H23NO4/c1-15(2)23(27)21-22(20-10-6-8-16-7-4-5-9-19(16)20)26(25(29)24(21)28)17-11-13-18(30-3)14-12-17/h4-15,22,28H,1-3H3. The Morgan fingerprint density at radius 3 is 2.33 bits per heavy atom. The minimum Gasteiger partial charge on any atom is -0.503 e. The molecule has 0 radical (unpaired) electrons. The highest BCUT2D eigenvalue weighted by molar-refractivity contribution is 6.17. The molecule has 1 aliphatic rings. The Morgan fingerprint density at radius 2 is 1.67 bits per heavy atom. The number of benzene rings is 3. The second kappa shape index (κ2) is 7.67. The number of fused-ring (bicyclic) bond motifs is 1. The third-order valence-electron chi connectivity index (χ3n) is 5.47. The van der Waals surface area contributed by atoms with Crippen molar-refractivity contribution in [2.75, 3.05) is 12.0 Å². The van der Waals surface area contributed by atoms with E-state index in [1.165, 1.54) is 4.90 Å². The number of Topliss-reactive ketones (excluding diaryl/α,β-unsaturated/α-hetero) is 1. The normalized spacial score (nSPS) is 16.6. The smallest absolute Gasteiger partial charge is 0.294 e. The van der Waals surface area contributed by atoms with Crippen LogP contribution >= 0.6 is 0 Å². The van der Waals surface area contributed by atoms with Crippen LogP contribution in [0.25, 0.3) is 10.8 Å². The molecule has 0 bridgehead atoms. The summed E-state index contributed by atoms with van der Waals surface area (Å²) in [7, 11) is 1.57. The van der Waals surface area contributed by atoms with Crippen molar-refractivity contribution < 1.29 is 19.4 Å². The number of amides is 1. The van der Waals surface area contributed by atoms with E-state index in [4.69, 9.17) is 4.74 Å². The van der Waals surface area contributed by atoms with Crippen LogP contribution in [-0.4, -0.2) is 23.9 Å². The Balaban J connectivity index is 1.95. The Labute approximate surface area is 175 Å². The number of aliphatic hydroxyl groups excluding tert-OH is 1. The van der Waals surface area contributed by atoms with Crippen LogP contribution in [-0.2, 0) is 9.59 Å². The van der Waals surface area contributed by atoms with Crippen LogP contribution in [0.4, 0.5) is 5.69 Å². The SMILES string of the molecule is COc1ccc(N2C(=O)C(O)=C(C(=O)C(C)C)C2c2cccc3ccccc23)cc1. The van der Waals surface area contributed by atoms with Crippen LogP contribution in [0.1, 0.15) is 25.5 Å². The van der Waals surface area contributed by atoms with E-state index in [9.17, 15) is 14.7 Å². The number of ketones is 1. The van der Waals surface area contributed by atoms with Crippen LogP contribution in [0.2, 0.25) is 0 Å². The molecule has 1 aliphatic heterocycles. The molecule has 1 amide bonds. The van der Waals surface area contributed by atoms with E-state index in [1.807, 2.05) is 42.5 Å². The molecule has 3 aromatic rings. The molecule has 1 atom stereocenters. The van der Waals surface area contributed by atoms with Gasteiger partial charge < -0.3 is 9.84 Å². The fourth-order valence-electron chi connectivity index (χ4n) is 3.96. The van der Waals surface area contributed by atoms with Crippen LogP contribution in [0.3, 0.4) is 0 Å². The van der Waals surface area contributed by atoms with Gasteiger partial charge in [-0.15, -0.1) is 0 Å². The lowest BCUT2D eigenvalue weighted by Gasteiger charge is -2.28. The lowest BCUT2D eigenvalue weighted by molar-refractivity contribution is -0.119. The molecule has 0 aromatic heterocycles. The fraction of sp³-hybridized carbons (Fsp3) is 0.200. The van der Waals surface area contributed by atoms with Crippen molar-refractivity contribution in [1.82, 2.24) is 0 Å². The average molecular weight is 401 g/mol.